The molecule has 3 aromatic rings. The number of halogens is 3. The van der Waals surface area contributed by atoms with Gasteiger partial charge in [0.2, 0.25) is 0 Å². The fourth-order valence-electron chi connectivity index (χ4n) is 5.35. The van der Waals surface area contributed by atoms with Gasteiger partial charge in [-0.2, -0.15) is 0 Å². The largest absolute Gasteiger partial charge is 0.206 e. The van der Waals surface area contributed by atoms with Crippen molar-refractivity contribution >= 4 is 6.08 Å². The highest BCUT2D eigenvalue weighted by Crippen LogP contribution is 2.39. The van der Waals surface area contributed by atoms with E-state index in [4.69, 9.17) is 0 Å². The second-order valence-corrected chi connectivity index (χ2v) is 10.2. The van der Waals surface area contributed by atoms with Crippen molar-refractivity contribution in [1.29, 1.82) is 0 Å². The lowest BCUT2D eigenvalue weighted by atomic mass is 9.78. The highest BCUT2D eigenvalue weighted by Gasteiger charge is 2.25. The van der Waals surface area contributed by atoms with E-state index in [0.29, 0.717) is 28.2 Å². The fraction of sp³-hybridized carbons (Fsp3) is 0.394. The van der Waals surface area contributed by atoms with Crippen LogP contribution < -0.4 is 0 Å². The summed E-state index contributed by atoms with van der Waals surface area (Å²) in [5.74, 6) is -1.30. The molecule has 1 aliphatic rings. The maximum Gasteiger partial charge on any atom is 0.166 e. The molecule has 36 heavy (non-hydrogen) atoms. The van der Waals surface area contributed by atoms with Crippen LogP contribution in [0.3, 0.4) is 0 Å². The molecule has 1 saturated carbocycles. The molecule has 0 N–H and O–H groups in total. The van der Waals surface area contributed by atoms with Crippen molar-refractivity contribution in [2.75, 3.05) is 0 Å². The van der Waals surface area contributed by atoms with Gasteiger partial charge in [-0.3, -0.25) is 0 Å². The first-order valence-corrected chi connectivity index (χ1v) is 13.5. The smallest absolute Gasteiger partial charge is 0.166 e. The average Bonchev–Trinajstić information content (AvgIpc) is 2.90. The molecule has 0 spiro atoms. The van der Waals surface area contributed by atoms with E-state index in [-0.39, 0.29) is 11.7 Å². The number of hydrogen-bond acceptors (Lipinski definition) is 0. The van der Waals surface area contributed by atoms with Crippen molar-refractivity contribution < 1.29 is 13.2 Å². The third-order valence-corrected chi connectivity index (χ3v) is 7.56. The van der Waals surface area contributed by atoms with Crippen LogP contribution in [0.15, 0.2) is 60.7 Å². The van der Waals surface area contributed by atoms with Crippen LogP contribution in [0.2, 0.25) is 0 Å². The molecular weight excluding hydrogens is 453 g/mol. The van der Waals surface area contributed by atoms with Gasteiger partial charge in [-0.25, -0.2) is 13.2 Å². The Bertz CT molecular complexity index is 1170. The van der Waals surface area contributed by atoms with Crippen LogP contribution in [0.4, 0.5) is 13.2 Å². The maximum atomic E-state index is 15.1. The molecule has 0 aliphatic heterocycles. The van der Waals surface area contributed by atoms with Crippen LogP contribution in [0.1, 0.15) is 87.0 Å². The molecule has 1 aliphatic carbocycles. The van der Waals surface area contributed by atoms with Gasteiger partial charge in [0.05, 0.1) is 0 Å². The van der Waals surface area contributed by atoms with Crippen LogP contribution in [0.5, 0.6) is 0 Å². The summed E-state index contributed by atoms with van der Waals surface area (Å²) in [6.45, 7) is 4.26. The Morgan fingerprint density at radius 1 is 0.750 bits per heavy atom. The van der Waals surface area contributed by atoms with Gasteiger partial charge >= 0.3 is 0 Å². The number of benzene rings is 3. The van der Waals surface area contributed by atoms with Gasteiger partial charge in [-0.05, 0) is 85.1 Å². The molecule has 0 saturated heterocycles. The molecule has 0 bridgehead atoms. The summed E-state index contributed by atoms with van der Waals surface area (Å²) >= 11 is 0. The molecule has 0 amide bonds. The van der Waals surface area contributed by atoms with Crippen LogP contribution >= 0.6 is 0 Å². The minimum atomic E-state index is -0.754. The van der Waals surface area contributed by atoms with E-state index in [1.807, 2.05) is 42.5 Å². The van der Waals surface area contributed by atoms with E-state index in [1.54, 1.807) is 18.2 Å². The van der Waals surface area contributed by atoms with Crippen molar-refractivity contribution in [2.24, 2.45) is 5.92 Å². The highest BCUT2D eigenvalue weighted by atomic mass is 19.2. The topological polar surface area (TPSA) is 0 Å². The lowest BCUT2D eigenvalue weighted by molar-refractivity contribution is 0.365. The van der Waals surface area contributed by atoms with Crippen molar-refractivity contribution in [1.82, 2.24) is 0 Å². The molecule has 0 aromatic heterocycles. The first-order valence-electron chi connectivity index (χ1n) is 13.5. The Labute approximate surface area is 214 Å². The summed E-state index contributed by atoms with van der Waals surface area (Å²) in [4.78, 5) is 0. The summed E-state index contributed by atoms with van der Waals surface area (Å²) in [6, 6.07) is 16.7. The summed E-state index contributed by atoms with van der Waals surface area (Å²) in [7, 11) is 0. The van der Waals surface area contributed by atoms with Gasteiger partial charge in [0, 0.05) is 11.1 Å². The Balaban J connectivity index is 1.38. The SMILES string of the molecule is CCCCc1ccc(/C=C/C2CCC(c3ccc(-c4ccc(CCC)cc4)c(F)c3F)CC2)c(F)c1. The molecule has 0 heterocycles. The predicted octanol–water partition coefficient (Wildman–Crippen LogP) is 10.1. The predicted molar refractivity (Wildman–Crippen MR) is 145 cm³/mol. The fourth-order valence-corrected chi connectivity index (χ4v) is 5.35. The standard InChI is InChI=1S/C33H37F3/c1-3-5-7-25-13-19-28(31(34)22-25)18-12-24-10-16-27(17-11-24)30-21-20-29(32(35)33(30)36)26-14-8-23(6-4-2)9-15-26/h8-9,12-15,18-22,24,27H,3-7,10-11,16-17H2,1-2H3/b18-12+. The van der Waals surface area contributed by atoms with Gasteiger partial charge in [-0.15, -0.1) is 0 Å². The maximum absolute atomic E-state index is 15.1. The third-order valence-electron chi connectivity index (χ3n) is 7.56. The lowest BCUT2D eigenvalue weighted by Crippen LogP contribution is -2.13. The third kappa shape index (κ3) is 6.30. The zero-order chi connectivity index (χ0) is 25.5. The van der Waals surface area contributed by atoms with Gasteiger partial charge in [0.1, 0.15) is 5.82 Å². The summed E-state index contributed by atoms with van der Waals surface area (Å²) in [6.07, 6.45) is 12.4. The average molecular weight is 491 g/mol. The van der Waals surface area contributed by atoms with E-state index in [9.17, 15) is 4.39 Å². The number of rotatable bonds is 9. The first-order chi connectivity index (χ1) is 17.5. The molecule has 4 rings (SSSR count). The second kappa shape index (κ2) is 12.4. The van der Waals surface area contributed by atoms with Gasteiger partial charge < -0.3 is 0 Å². The molecule has 3 aromatic carbocycles. The number of aryl methyl sites for hydroxylation is 2. The molecule has 3 heteroatoms. The molecule has 0 unspecified atom stereocenters. The summed E-state index contributed by atoms with van der Waals surface area (Å²) in [5, 5.41) is 0. The van der Waals surface area contributed by atoms with Gasteiger partial charge in [-0.1, -0.05) is 87.4 Å². The van der Waals surface area contributed by atoms with Crippen molar-refractivity contribution in [3.05, 3.63) is 100 Å². The van der Waals surface area contributed by atoms with Crippen LogP contribution in [-0.4, -0.2) is 0 Å². The van der Waals surface area contributed by atoms with Crippen molar-refractivity contribution in [3.8, 4) is 11.1 Å². The monoisotopic (exact) mass is 490 g/mol. The Kier molecular flexibility index (Phi) is 9.07. The lowest BCUT2D eigenvalue weighted by Gasteiger charge is -2.27. The van der Waals surface area contributed by atoms with Crippen molar-refractivity contribution in [2.45, 2.75) is 77.6 Å². The number of allylic oxidation sites excluding steroid dienone is 1. The Morgan fingerprint density at radius 2 is 1.47 bits per heavy atom. The second-order valence-electron chi connectivity index (χ2n) is 10.2. The zero-order valence-corrected chi connectivity index (χ0v) is 21.5. The Hall–Kier alpha value is -2.81. The van der Waals surface area contributed by atoms with E-state index < -0.39 is 11.6 Å². The molecule has 190 valence electrons. The minimum absolute atomic E-state index is 0.0136. The van der Waals surface area contributed by atoms with Crippen LogP contribution in [0, 0.1) is 23.4 Å². The van der Waals surface area contributed by atoms with E-state index in [0.717, 1.165) is 63.4 Å². The molecule has 0 radical (unpaired) electrons. The van der Waals surface area contributed by atoms with E-state index >= 15 is 8.78 Å². The molecule has 0 atom stereocenters. The summed E-state index contributed by atoms with van der Waals surface area (Å²) in [5.41, 5.74) is 4.37. The molecule has 1 fully saturated rings. The van der Waals surface area contributed by atoms with Gasteiger partial charge in [0.25, 0.3) is 0 Å². The first kappa shape index (κ1) is 26.3. The number of hydrogen-bond donors (Lipinski definition) is 0. The highest BCUT2D eigenvalue weighted by molar-refractivity contribution is 5.65. The number of unbranched alkanes of at least 4 members (excludes halogenated alkanes) is 1. The zero-order valence-electron chi connectivity index (χ0n) is 21.5. The summed E-state index contributed by atoms with van der Waals surface area (Å²) < 4.78 is 44.7. The van der Waals surface area contributed by atoms with Gasteiger partial charge in [0.15, 0.2) is 11.6 Å². The molecule has 0 nitrogen and oxygen atoms in total. The van der Waals surface area contributed by atoms with Crippen molar-refractivity contribution in [3.63, 3.8) is 0 Å². The Morgan fingerprint density at radius 3 is 2.14 bits per heavy atom. The van der Waals surface area contributed by atoms with Crippen LogP contribution in [-0.2, 0) is 12.8 Å². The molecular formula is C33H37F3. The van der Waals surface area contributed by atoms with Crippen LogP contribution in [0.25, 0.3) is 17.2 Å². The van der Waals surface area contributed by atoms with E-state index in [1.165, 1.54) is 5.56 Å². The minimum Gasteiger partial charge on any atom is -0.206 e. The quantitative estimate of drug-likeness (QED) is 0.280. The normalized spacial score (nSPS) is 18.1. The van der Waals surface area contributed by atoms with E-state index in [2.05, 4.69) is 19.9 Å².